The summed E-state index contributed by atoms with van der Waals surface area (Å²) in [5, 5.41) is 15.6. The summed E-state index contributed by atoms with van der Waals surface area (Å²) < 4.78 is 27.4. The Hall–Kier alpha value is -4.81. The molecule has 12 heteroatoms. The van der Waals surface area contributed by atoms with Crippen LogP contribution in [0, 0.1) is 5.41 Å². The number of methoxy groups -OCH3 is 1. The molecule has 5 rings (SSSR count). The molecule has 11 nitrogen and oxygen atoms in total. The summed E-state index contributed by atoms with van der Waals surface area (Å²) in [7, 11) is 1.29. The molecule has 2 amide bonds. The largest absolute Gasteiger partial charge is 0.468 e. The average Bonchev–Trinajstić information content (AvgIpc) is 3.47. The molecular formula is C44H58FN5O6. The van der Waals surface area contributed by atoms with E-state index in [-0.39, 0.29) is 18.9 Å². The first-order valence-corrected chi connectivity index (χ1v) is 19.5. The summed E-state index contributed by atoms with van der Waals surface area (Å²) in [4.78, 5) is 44.3. The zero-order valence-electron chi connectivity index (χ0n) is 34.3. The number of carbonyl (C=O) groups excluding carboxylic acids is 3. The Bertz CT molecular complexity index is 2050. The number of amides is 2. The lowest BCUT2D eigenvalue weighted by Gasteiger charge is -2.35. The topological polar surface area (TPSA) is 135 Å². The molecule has 0 saturated carbocycles. The van der Waals surface area contributed by atoms with Crippen LogP contribution in [-0.2, 0) is 45.1 Å². The van der Waals surface area contributed by atoms with Gasteiger partial charge in [-0.3, -0.25) is 19.6 Å². The van der Waals surface area contributed by atoms with Crippen molar-refractivity contribution in [3.05, 3.63) is 77.1 Å². The van der Waals surface area contributed by atoms with Gasteiger partial charge in [-0.1, -0.05) is 45.9 Å². The van der Waals surface area contributed by atoms with E-state index >= 15 is 0 Å². The van der Waals surface area contributed by atoms with Crippen LogP contribution in [0.2, 0.25) is 0 Å². The fourth-order valence-corrected chi connectivity index (χ4v) is 7.49. The number of alkyl halides is 1. The van der Waals surface area contributed by atoms with Crippen LogP contribution < -0.4 is 10.7 Å². The normalized spacial score (nSPS) is 15.6. The van der Waals surface area contributed by atoms with Gasteiger partial charge in [0, 0.05) is 48.8 Å². The van der Waals surface area contributed by atoms with Crippen LogP contribution in [0.1, 0.15) is 96.5 Å². The number of aliphatic hydroxyl groups excluding tert-OH is 1. The number of esters is 1. The van der Waals surface area contributed by atoms with Gasteiger partial charge in [0.05, 0.1) is 18.5 Å². The van der Waals surface area contributed by atoms with Crippen molar-refractivity contribution in [2.75, 3.05) is 20.3 Å². The van der Waals surface area contributed by atoms with Gasteiger partial charge in [-0.15, -0.1) is 0 Å². The predicted molar refractivity (Wildman–Crippen MR) is 216 cm³/mol. The third-order valence-corrected chi connectivity index (χ3v) is 10.1. The maximum atomic E-state index is 14.6. The number of aliphatic hydroxyl groups is 1. The number of aromatic nitrogens is 2. The summed E-state index contributed by atoms with van der Waals surface area (Å²) in [6, 6.07) is 14.0. The lowest BCUT2D eigenvalue weighted by atomic mass is 9.84. The molecule has 1 saturated heterocycles. The SMILES string of the molecule is CCn1c(-c2cccnc2C(C)C)c(CC(C)(C)CO)c2cc(-c3cc(CF)cc(C[C@H](NC(=O)OC(C)(C)C)C(=O)N4CCC[C@@H](C(=O)OC)N4)c3)ccc21. The van der Waals surface area contributed by atoms with Gasteiger partial charge >= 0.3 is 12.1 Å². The van der Waals surface area contributed by atoms with Crippen LogP contribution in [0.5, 0.6) is 0 Å². The maximum Gasteiger partial charge on any atom is 0.408 e. The number of alkyl carbamates (subject to hydrolysis) is 1. The number of hydrogen-bond acceptors (Lipinski definition) is 8. The summed E-state index contributed by atoms with van der Waals surface area (Å²) in [6.45, 7) is 16.0. The summed E-state index contributed by atoms with van der Waals surface area (Å²) in [6.07, 6.45) is 2.75. The van der Waals surface area contributed by atoms with Crippen LogP contribution in [0.15, 0.2) is 54.7 Å². The van der Waals surface area contributed by atoms with E-state index in [4.69, 9.17) is 14.5 Å². The first-order chi connectivity index (χ1) is 26.5. The van der Waals surface area contributed by atoms with Gasteiger partial charge < -0.3 is 24.5 Å². The Morgan fingerprint density at radius 3 is 2.43 bits per heavy atom. The molecule has 2 atom stereocenters. The number of benzene rings is 2. The second-order valence-corrected chi connectivity index (χ2v) is 16.8. The smallest absolute Gasteiger partial charge is 0.408 e. The second kappa shape index (κ2) is 17.5. The van der Waals surface area contributed by atoms with Crippen LogP contribution in [0.4, 0.5) is 9.18 Å². The highest BCUT2D eigenvalue weighted by molar-refractivity contribution is 5.95. The first-order valence-electron chi connectivity index (χ1n) is 19.5. The van der Waals surface area contributed by atoms with Crippen molar-refractivity contribution in [3.8, 4) is 22.4 Å². The number of hydrogen-bond donors (Lipinski definition) is 3. The fraction of sp³-hybridized carbons (Fsp3) is 0.500. The molecule has 0 radical (unpaired) electrons. The highest BCUT2D eigenvalue weighted by Crippen LogP contribution is 2.41. The van der Waals surface area contributed by atoms with Crippen LogP contribution in [0.25, 0.3) is 33.3 Å². The molecule has 2 aromatic heterocycles. The molecule has 0 bridgehead atoms. The summed E-state index contributed by atoms with van der Waals surface area (Å²) in [5.41, 5.74) is 9.68. The van der Waals surface area contributed by atoms with Crippen LogP contribution >= 0.6 is 0 Å². The predicted octanol–water partition coefficient (Wildman–Crippen LogP) is 7.65. The molecule has 1 aliphatic heterocycles. The number of carbonyl (C=O) groups is 3. The second-order valence-electron chi connectivity index (χ2n) is 16.8. The van der Waals surface area contributed by atoms with E-state index in [2.05, 4.69) is 68.1 Å². The van der Waals surface area contributed by atoms with Crippen molar-refractivity contribution in [1.82, 2.24) is 25.3 Å². The van der Waals surface area contributed by atoms with Crippen molar-refractivity contribution in [1.29, 1.82) is 0 Å². The molecular weight excluding hydrogens is 714 g/mol. The van der Waals surface area contributed by atoms with Gasteiger partial charge in [0.25, 0.3) is 5.91 Å². The van der Waals surface area contributed by atoms with Crippen molar-refractivity contribution < 1.29 is 33.4 Å². The van der Waals surface area contributed by atoms with E-state index < -0.39 is 47.7 Å². The molecule has 0 spiro atoms. The van der Waals surface area contributed by atoms with Gasteiger partial charge in [-0.2, -0.15) is 0 Å². The Balaban J connectivity index is 1.61. The van der Waals surface area contributed by atoms with Crippen molar-refractivity contribution in [2.24, 2.45) is 5.41 Å². The third-order valence-electron chi connectivity index (χ3n) is 10.1. The third kappa shape index (κ3) is 9.76. The van der Waals surface area contributed by atoms with E-state index in [1.54, 1.807) is 26.8 Å². The average molecular weight is 772 g/mol. The van der Waals surface area contributed by atoms with Gasteiger partial charge in [0.1, 0.15) is 24.4 Å². The van der Waals surface area contributed by atoms with Gasteiger partial charge in [0.15, 0.2) is 0 Å². The Kier molecular flexibility index (Phi) is 13.3. The van der Waals surface area contributed by atoms with E-state index in [1.165, 1.54) is 12.1 Å². The fourth-order valence-electron chi connectivity index (χ4n) is 7.49. The number of ether oxygens (including phenoxy) is 2. The van der Waals surface area contributed by atoms with E-state index in [0.717, 1.165) is 44.5 Å². The molecule has 3 heterocycles. The van der Waals surface area contributed by atoms with Gasteiger partial charge in [-0.25, -0.2) is 14.6 Å². The number of rotatable bonds is 13. The van der Waals surface area contributed by atoms with Crippen LogP contribution in [-0.4, -0.2) is 75.6 Å². The van der Waals surface area contributed by atoms with Crippen LogP contribution in [0.3, 0.4) is 0 Å². The minimum atomic E-state index is -1.10. The standard InChI is InChI=1S/C44H58FN5O6/c1-10-49-37-16-15-30(23-33(37)34(24-44(7,8)26-51)39(49)32-13-11-17-46-38(32)27(2)3)31-20-28(19-29(21-31)25-45)22-36(47-42(54)56-43(4,5)6)40(52)50-18-12-14-35(48-50)41(53)55-9/h11,13,15-17,19-21,23,27,35-36,48,51H,10,12,14,18,22,24-26H2,1-9H3,(H,47,54)/t35-,36-/m0/s1. The zero-order chi connectivity index (χ0) is 40.9. The Morgan fingerprint density at radius 1 is 1.05 bits per heavy atom. The molecule has 0 unspecified atom stereocenters. The first kappa shape index (κ1) is 42.3. The van der Waals surface area contributed by atoms with Crippen molar-refractivity contribution >= 4 is 28.9 Å². The number of hydrazine groups is 1. The Morgan fingerprint density at radius 2 is 1.79 bits per heavy atom. The Labute approximate surface area is 329 Å². The van der Waals surface area contributed by atoms with Crippen molar-refractivity contribution in [2.45, 2.75) is 118 Å². The molecule has 2 aromatic carbocycles. The maximum absolute atomic E-state index is 14.6. The molecule has 56 heavy (non-hydrogen) atoms. The molecule has 0 aliphatic carbocycles. The monoisotopic (exact) mass is 771 g/mol. The highest BCUT2D eigenvalue weighted by atomic mass is 19.1. The van der Waals surface area contributed by atoms with Gasteiger partial charge in [0.2, 0.25) is 0 Å². The number of halogens is 1. The van der Waals surface area contributed by atoms with E-state index in [1.807, 2.05) is 30.5 Å². The number of pyridine rings is 1. The molecule has 4 aromatic rings. The number of nitrogens with one attached hydrogen (secondary N) is 2. The van der Waals surface area contributed by atoms with E-state index in [9.17, 15) is 23.9 Å². The summed E-state index contributed by atoms with van der Waals surface area (Å²) >= 11 is 0. The number of nitrogens with zero attached hydrogens (tertiary/aromatic N) is 3. The zero-order valence-corrected chi connectivity index (χ0v) is 34.3. The lowest BCUT2D eigenvalue weighted by molar-refractivity contribution is -0.150. The van der Waals surface area contributed by atoms with Crippen molar-refractivity contribution in [3.63, 3.8) is 0 Å². The molecule has 302 valence electrons. The molecule has 3 N–H and O–H groups in total. The quantitative estimate of drug-likeness (QED) is 0.118. The minimum absolute atomic E-state index is 0.00439. The molecule has 1 aliphatic rings. The van der Waals surface area contributed by atoms with E-state index in [0.29, 0.717) is 43.5 Å². The lowest BCUT2D eigenvalue weighted by Crippen LogP contribution is -2.60. The number of aryl methyl sites for hydroxylation is 1. The number of fused-ring (bicyclic) bond motifs is 1. The van der Waals surface area contributed by atoms with Gasteiger partial charge in [-0.05, 0) is 116 Å². The summed E-state index contributed by atoms with van der Waals surface area (Å²) in [5.74, 6) is -0.758. The molecule has 1 fully saturated rings. The highest BCUT2D eigenvalue weighted by Gasteiger charge is 2.34. The minimum Gasteiger partial charge on any atom is -0.468 e.